The minimum atomic E-state index is -4.16. The molecule has 0 aliphatic rings. The highest BCUT2D eigenvalue weighted by Gasteiger charge is 2.34. The number of hydrogen-bond acceptors (Lipinski definition) is 5. The topological polar surface area (TPSA) is 96.0 Å². The second-order valence-electron chi connectivity index (χ2n) is 9.05. The van der Waals surface area contributed by atoms with Gasteiger partial charge in [0.1, 0.15) is 18.3 Å². The van der Waals surface area contributed by atoms with Gasteiger partial charge in [0.25, 0.3) is 10.0 Å². The molecule has 0 radical (unpaired) electrons. The van der Waals surface area contributed by atoms with Gasteiger partial charge in [0.05, 0.1) is 17.2 Å². The summed E-state index contributed by atoms with van der Waals surface area (Å²) in [5.74, 6) is -0.443. The van der Waals surface area contributed by atoms with Crippen molar-refractivity contribution in [1.82, 2.24) is 10.2 Å². The Hall–Kier alpha value is -3.85. The highest BCUT2D eigenvalue weighted by atomic mass is 32.2. The SMILES string of the molecule is CCNC(=O)C(CC)N(Cc1cccc(C)c1)C(=O)CN(c1ccccc1OCC)S(=O)(=O)c1ccccc1. The Morgan fingerprint density at radius 3 is 2.26 bits per heavy atom. The van der Waals surface area contributed by atoms with Crippen molar-refractivity contribution in [2.45, 2.75) is 51.6 Å². The van der Waals surface area contributed by atoms with Crippen LogP contribution in [0.2, 0.25) is 0 Å². The van der Waals surface area contributed by atoms with E-state index < -0.39 is 28.5 Å². The van der Waals surface area contributed by atoms with E-state index in [1.165, 1.54) is 17.0 Å². The summed E-state index contributed by atoms with van der Waals surface area (Å²) in [7, 11) is -4.16. The number of anilines is 1. The fraction of sp³-hybridized carbons (Fsp3) is 0.333. The number of para-hydroxylation sites is 2. The third-order valence-corrected chi connectivity index (χ3v) is 7.99. The van der Waals surface area contributed by atoms with Gasteiger partial charge in [-0.25, -0.2) is 8.42 Å². The Labute approximate surface area is 231 Å². The third-order valence-electron chi connectivity index (χ3n) is 6.22. The van der Waals surface area contributed by atoms with Crippen LogP contribution in [0.5, 0.6) is 5.75 Å². The van der Waals surface area contributed by atoms with Crippen LogP contribution in [0.25, 0.3) is 0 Å². The number of benzene rings is 3. The summed E-state index contributed by atoms with van der Waals surface area (Å²) in [5.41, 5.74) is 2.11. The largest absolute Gasteiger partial charge is 0.492 e. The zero-order valence-corrected chi connectivity index (χ0v) is 23.8. The molecular formula is C30H37N3O5S. The molecule has 2 amide bonds. The zero-order valence-electron chi connectivity index (χ0n) is 23.0. The number of likely N-dealkylation sites (N-methyl/N-ethyl adjacent to an activating group) is 1. The van der Waals surface area contributed by atoms with Crippen LogP contribution in [0.15, 0.2) is 83.8 Å². The van der Waals surface area contributed by atoms with Crippen LogP contribution in [0.3, 0.4) is 0 Å². The number of nitrogens with one attached hydrogen (secondary N) is 1. The first-order chi connectivity index (χ1) is 18.7. The lowest BCUT2D eigenvalue weighted by Gasteiger charge is -2.33. The number of nitrogens with zero attached hydrogens (tertiary/aromatic N) is 2. The third kappa shape index (κ3) is 7.38. The maximum Gasteiger partial charge on any atom is 0.264 e. The van der Waals surface area contributed by atoms with Gasteiger partial charge in [-0.2, -0.15) is 0 Å². The van der Waals surface area contributed by atoms with E-state index in [-0.39, 0.29) is 23.0 Å². The van der Waals surface area contributed by atoms with Crippen molar-refractivity contribution >= 4 is 27.5 Å². The molecule has 8 nitrogen and oxygen atoms in total. The highest BCUT2D eigenvalue weighted by Crippen LogP contribution is 2.33. The maximum absolute atomic E-state index is 14.1. The minimum absolute atomic E-state index is 0.0464. The summed E-state index contributed by atoms with van der Waals surface area (Å²) >= 11 is 0. The van der Waals surface area contributed by atoms with E-state index in [1.807, 2.05) is 45.0 Å². The van der Waals surface area contributed by atoms with Crippen molar-refractivity contribution < 1.29 is 22.7 Å². The number of aryl methyl sites for hydroxylation is 1. The summed E-state index contributed by atoms with van der Waals surface area (Å²) in [5, 5.41) is 2.81. The molecule has 0 saturated heterocycles. The predicted octanol–water partition coefficient (Wildman–Crippen LogP) is 4.53. The smallest absolute Gasteiger partial charge is 0.264 e. The van der Waals surface area contributed by atoms with Crippen LogP contribution in [0, 0.1) is 6.92 Å². The van der Waals surface area contributed by atoms with E-state index in [4.69, 9.17) is 4.74 Å². The lowest BCUT2D eigenvalue weighted by atomic mass is 10.1. The van der Waals surface area contributed by atoms with Gasteiger partial charge >= 0.3 is 0 Å². The lowest BCUT2D eigenvalue weighted by Crippen LogP contribution is -2.52. The average molecular weight is 552 g/mol. The van der Waals surface area contributed by atoms with E-state index in [9.17, 15) is 18.0 Å². The van der Waals surface area contributed by atoms with Crippen LogP contribution in [0.1, 0.15) is 38.3 Å². The number of carbonyl (C=O) groups excluding carboxylic acids is 2. The van der Waals surface area contributed by atoms with E-state index in [2.05, 4.69) is 5.32 Å². The quantitative estimate of drug-likeness (QED) is 0.337. The Morgan fingerprint density at radius 2 is 1.62 bits per heavy atom. The van der Waals surface area contributed by atoms with Crippen molar-refractivity contribution in [2.75, 3.05) is 24.0 Å². The van der Waals surface area contributed by atoms with Crippen LogP contribution in [-0.4, -0.2) is 50.9 Å². The van der Waals surface area contributed by atoms with Crippen molar-refractivity contribution in [1.29, 1.82) is 0 Å². The molecule has 0 aliphatic heterocycles. The summed E-state index contributed by atoms with van der Waals surface area (Å²) in [6.07, 6.45) is 0.365. The van der Waals surface area contributed by atoms with Gasteiger partial charge in [-0.15, -0.1) is 0 Å². The van der Waals surface area contributed by atoms with Gasteiger partial charge in [-0.1, -0.05) is 67.1 Å². The van der Waals surface area contributed by atoms with Crippen LogP contribution in [0.4, 0.5) is 5.69 Å². The number of amides is 2. The molecule has 1 atom stereocenters. The van der Waals surface area contributed by atoms with Crippen LogP contribution >= 0.6 is 0 Å². The molecule has 0 fully saturated rings. The maximum atomic E-state index is 14.1. The molecule has 208 valence electrons. The minimum Gasteiger partial charge on any atom is -0.492 e. The molecule has 0 heterocycles. The van der Waals surface area contributed by atoms with E-state index in [0.717, 1.165) is 15.4 Å². The summed E-state index contributed by atoms with van der Waals surface area (Å²) in [6.45, 7) is 7.78. The second-order valence-corrected chi connectivity index (χ2v) is 10.9. The Kier molecular flexibility index (Phi) is 10.5. The van der Waals surface area contributed by atoms with Gasteiger partial charge in [0, 0.05) is 13.1 Å². The van der Waals surface area contributed by atoms with E-state index >= 15 is 0 Å². The van der Waals surface area contributed by atoms with Gasteiger partial charge in [0.15, 0.2) is 0 Å². The second kappa shape index (κ2) is 13.8. The fourth-order valence-corrected chi connectivity index (χ4v) is 5.84. The van der Waals surface area contributed by atoms with Crippen LogP contribution < -0.4 is 14.4 Å². The first-order valence-corrected chi connectivity index (χ1v) is 14.6. The van der Waals surface area contributed by atoms with Gasteiger partial charge < -0.3 is 15.0 Å². The number of ether oxygens (including phenoxy) is 1. The molecule has 3 aromatic rings. The normalized spacial score (nSPS) is 11.9. The average Bonchev–Trinajstić information content (AvgIpc) is 2.93. The van der Waals surface area contributed by atoms with Gasteiger partial charge in [-0.05, 0) is 57.0 Å². The molecule has 39 heavy (non-hydrogen) atoms. The molecular weight excluding hydrogens is 514 g/mol. The number of rotatable bonds is 13. The van der Waals surface area contributed by atoms with E-state index in [1.54, 1.807) is 49.4 Å². The van der Waals surface area contributed by atoms with Crippen molar-refractivity contribution in [3.05, 3.63) is 90.0 Å². The Morgan fingerprint density at radius 1 is 0.923 bits per heavy atom. The number of sulfonamides is 1. The molecule has 0 aromatic heterocycles. The Balaban J connectivity index is 2.10. The standard InChI is InChI=1S/C30H37N3O5S/c1-5-26(30(35)31-6-2)32(21-24-15-13-14-23(4)20-24)29(34)22-33(27-18-11-12-19-28(27)38-7-3)39(36,37)25-16-9-8-10-17-25/h8-20,26H,5-7,21-22H2,1-4H3,(H,31,35). The first kappa shape index (κ1) is 29.7. The molecule has 0 spiro atoms. The number of hydrogen-bond donors (Lipinski definition) is 1. The van der Waals surface area contributed by atoms with Crippen molar-refractivity contribution in [3.63, 3.8) is 0 Å². The van der Waals surface area contributed by atoms with Crippen LogP contribution in [-0.2, 0) is 26.2 Å². The monoisotopic (exact) mass is 551 g/mol. The predicted molar refractivity (Wildman–Crippen MR) is 153 cm³/mol. The first-order valence-electron chi connectivity index (χ1n) is 13.1. The molecule has 0 saturated carbocycles. The number of carbonyl (C=O) groups is 2. The van der Waals surface area contributed by atoms with Crippen molar-refractivity contribution in [2.24, 2.45) is 0 Å². The summed E-state index contributed by atoms with van der Waals surface area (Å²) in [6, 6.07) is 21.6. The molecule has 3 rings (SSSR count). The molecule has 0 bridgehead atoms. The lowest BCUT2D eigenvalue weighted by molar-refractivity contribution is -0.140. The van der Waals surface area contributed by atoms with Gasteiger partial charge in [-0.3, -0.25) is 13.9 Å². The molecule has 9 heteroatoms. The molecule has 0 aliphatic carbocycles. The van der Waals surface area contributed by atoms with E-state index in [0.29, 0.717) is 25.3 Å². The summed E-state index contributed by atoms with van der Waals surface area (Å²) < 4.78 is 34.7. The summed E-state index contributed by atoms with van der Waals surface area (Å²) in [4.78, 5) is 28.6. The zero-order chi connectivity index (χ0) is 28.4. The Bertz CT molecular complexity index is 1360. The van der Waals surface area contributed by atoms with Gasteiger partial charge in [0.2, 0.25) is 11.8 Å². The molecule has 3 aromatic carbocycles. The highest BCUT2D eigenvalue weighted by molar-refractivity contribution is 7.92. The van der Waals surface area contributed by atoms with Crippen molar-refractivity contribution in [3.8, 4) is 5.75 Å². The molecule has 1 N–H and O–H groups in total. The fourth-order valence-electron chi connectivity index (χ4n) is 4.39. The molecule has 1 unspecified atom stereocenters.